The third-order valence-corrected chi connectivity index (χ3v) is 4.73. The van der Waals surface area contributed by atoms with Crippen molar-refractivity contribution < 1.29 is 18.7 Å². The molecule has 0 fully saturated rings. The number of hydrazine groups is 1. The van der Waals surface area contributed by atoms with Crippen molar-refractivity contribution in [3.05, 3.63) is 59.4 Å². The fourth-order valence-corrected chi connectivity index (χ4v) is 3.11. The van der Waals surface area contributed by atoms with Crippen LogP contribution in [0.3, 0.4) is 0 Å². The molecule has 152 valence electrons. The summed E-state index contributed by atoms with van der Waals surface area (Å²) in [5, 5.41) is 4.27. The Labute approximate surface area is 174 Å². The van der Waals surface area contributed by atoms with Crippen molar-refractivity contribution in [2.24, 2.45) is 0 Å². The molecule has 0 spiro atoms. The molecule has 0 aliphatic heterocycles. The summed E-state index contributed by atoms with van der Waals surface area (Å²) in [4.78, 5) is 12.4. The van der Waals surface area contributed by atoms with Crippen molar-refractivity contribution in [1.82, 2.24) is 16.2 Å². The second kappa shape index (κ2) is 9.29. The van der Waals surface area contributed by atoms with Gasteiger partial charge in [-0.05, 0) is 49.3 Å². The predicted octanol–water partition coefficient (Wildman–Crippen LogP) is 3.11. The third kappa shape index (κ3) is 4.78. The molecule has 3 aromatic rings. The highest BCUT2D eigenvalue weighted by atomic mass is 32.1. The van der Waals surface area contributed by atoms with Gasteiger partial charge in [-0.3, -0.25) is 15.6 Å². The molecule has 7 nitrogen and oxygen atoms in total. The van der Waals surface area contributed by atoms with E-state index >= 15 is 0 Å². The minimum Gasteiger partial charge on any atom is -0.493 e. The average Bonchev–Trinajstić information content (AvgIpc) is 3.08. The molecule has 8 heteroatoms. The average molecular weight is 413 g/mol. The lowest BCUT2D eigenvalue weighted by molar-refractivity contribution is 0.0917. The van der Waals surface area contributed by atoms with Gasteiger partial charge in [0.25, 0.3) is 0 Å². The molecule has 2 aromatic carbocycles. The number of hydrogen-bond acceptors (Lipinski definition) is 5. The Morgan fingerprint density at radius 2 is 1.83 bits per heavy atom. The topological polar surface area (TPSA) is 84.8 Å². The molecule has 1 heterocycles. The molecule has 1 aromatic heterocycles. The monoisotopic (exact) mass is 413 g/mol. The number of nitrogens with one attached hydrogen (secondary N) is 3. The zero-order chi connectivity index (χ0) is 20.8. The Bertz CT molecular complexity index is 1030. The molecule has 3 N–H and O–H groups in total. The van der Waals surface area contributed by atoms with Gasteiger partial charge in [0, 0.05) is 17.5 Å². The highest BCUT2D eigenvalue weighted by Gasteiger charge is 2.17. The third-order valence-electron chi connectivity index (χ3n) is 4.49. The molecular formula is C21H23N3O4S. The first-order valence-corrected chi connectivity index (χ1v) is 9.47. The SMILES string of the molecule is COc1ccc(CCNC(=S)NNC(=O)c2oc3ccccc3c2C)cc1OC. The van der Waals surface area contributed by atoms with Gasteiger partial charge in [-0.15, -0.1) is 0 Å². The predicted molar refractivity (Wildman–Crippen MR) is 115 cm³/mol. The summed E-state index contributed by atoms with van der Waals surface area (Å²) in [5.41, 5.74) is 7.78. The normalized spacial score (nSPS) is 10.4. The van der Waals surface area contributed by atoms with E-state index in [9.17, 15) is 4.79 Å². The van der Waals surface area contributed by atoms with Crippen LogP contribution in [0.2, 0.25) is 0 Å². The van der Waals surface area contributed by atoms with Crippen molar-refractivity contribution >= 4 is 34.2 Å². The summed E-state index contributed by atoms with van der Waals surface area (Å²) in [5.74, 6) is 1.23. The van der Waals surface area contributed by atoms with E-state index < -0.39 is 0 Å². The number of ether oxygens (including phenoxy) is 2. The van der Waals surface area contributed by atoms with Crippen LogP contribution >= 0.6 is 12.2 Å². The number of methoxy groups -OCH3 is 2. The lowest BCUT2D eigenvalue weighted by Crippen LogP contribution is -2.47. The summed E-state index contributed by atoms with van der Waals surface area (Å²) in [7, 11) is 3.20. The molecule has 0 bridgehead atoms. The van der Waals surface area contributed by atoms with Crippen LogP contribution in [0.15, 0.2) is 46.9 Å². The highest BCUT2D eigenvalue weighted by molar-refractivity contribution is 7.80. The first kappa shape index (κ1) is 20.5. The molecule has 0 atom stereocenters. The fourth-order valence-electron chi connectivity index (χ4n) is 2.96. The Kier molecular flexibility index (Phi) is 6.56. The first-order valence-electron chi connectivity index (χ1n) is 9.06. The number of benzene rings is 2. The quantitative estimate of drug-likeness (QED) is 0.423. The molecule has 3 rings (SSSR count). The standard InChI is InChI=1S/C21H23N3O4S/c1-13-15-6-4-5-7-16(15)28-19(13)20(25)23-24-21(29)22-11-10-14-8-9-17(26-2)18(12-14)27-3/h4-9,12H,10-11H2,1-3H3,(H,23,25)(H2,22,24,29). The van der Waals surface area contributed by atoms with Crippen LogP contribution in [0.1, 0.15) is 21.7 Å². The van der Waals surface area contributed by atoms with E-state index in [1.807, 2.05) is 49.4 Å². The number of aryl methyl sites for hydroxylation is 1. The largest absolute Gasteiger partial charge is 0.493 e. The molecule has 0 saturated carbocycles. The van der Waals surface area contributed by atoms with Crippen LogP contribution in [-0.4, -0.2) is 31.8 Å². The number of hydrogen-bond donors (Lipinski definition) is 3. The van der Waals surface area contributed by atoms with Crippen LogP contribution in [0.5, 0.6) is 11.5 Å². The maximum absolute atomic E-state index is 12.4. The van der Waals surface area contributed by atoms with E-state index in [0.29, 0.717) is 28.7 Å². The smallest absolute Gasteiger partial charge is 0.305 e. The van der Waals surface area contributed by atoms with Crippen LogP contribution in [0.25, 0.3) is 11.0 Å². The maximum Gasteiger partial charge on any atom is 0.305 e. The van der Waals surface area contributed by atoms with Crippen molar-refractivity contribution in [3.8, 4) is 11.5 Å². The molecule has 1 amide bonds. The van der Waals surface area contributed by atoms with Gasteiger partial charge in [-0.1, -0.05) is 24.3 Å². The molecule has 29 heavy (non-hydrogen) atoms. The zero-order valence-corrected chi connectivity index (χ0v) is 17.3. The van der Waals surface area contributed by atoms with Crippen LogP contribution in [0, 0.1) is 6.92 Å². The van der Waals surface area contributed by atoms with Crippen LogP contribution in [-0.2, 0) is 6.42 Å². The maximum atomic E-state index is 12.4. The molecule has 0 saturated heterocycles. The second-order valence-electron chi connectivity index (χ2n) is 6.33. The number of furan rings is 1. The van der Waals surface area contributed by atoms with Gasteiger partial charge in [0.2, 0.25) is 0 Å². The van der Waals surface area contributed by atoms with Gasteiger partial charge >= 0.3 is 5.91 Å². The number of rotatable bonds is 6. The van der Waals surface area contributed by atoms with Gasteiger partial charge in [0.15, 0.2) is 22.4 Å². The Morgan fingerprint density at radius 3 is 2.55 bits per heavy atom. The number of carbonyl (C=O) groups is 1. The minimum absolute atomic E-state index is 0.256. The van der Waals surface area contributed by atoms with E-state index in [0.717, 1.165) is 22.9 Å². The Morgan fingerprint density at radius 1 is 1.07 bits per heavy atom. The molecular weight excluding hydrogens is 390 g/mol. The minimum atomic E-state index is -0.386. The second-order valence-corrected chi connectivity index (χ2v) is 6.73. The zero-order valence-electron chi connectivity index (χ0n) is 16.5. The molecule has 0 aliphatic carbocycles. The lowest BCUT2D eigenvalue weighted by atomic mass is 10.1. The number of carbonyl (C=O) groups excluding carboxylic acids is 1. The molecule has 0 aliphatic rings. The van der Waals surface area contributed by atoms with Crippen molar-refractivity contribution in [2.45, 2.75) is 13.3 Å². The summed E-state index contributed by atoms with van der Waals surface area (Å²) < 4.78 is 16.2. The number of fused-ring (bicyclic) bond motifs is 1. The number of amides is 1. The number of para-hydroxylation sites is 1. The van der Waals surface area contributed by atoms with Gasteiger partial charge in [-0.2, -0.15) is 0 Å². The van der Waals surface area contributed by atoms with Crippen molar-refractivity contribution in [3.63, 3.8) is 0 Å². The fraction of sp³-hybridized carbons (Fsp3) is 0.238. The molecule has 0 radical (unpaired) electrons. The van der Waals surface area contributed by atoms with Gasteiger partial charge < -0.3 is 19.2 Å². The summed E-state index contributed by atoms with van der Waals surface area (Å²) in [6, 6.07) is 13.3. The summed E-state index contributed by atoms with van der Waals surface area (Å²) in [6.07, 6.45) is 0.721. The molecule has 0 unspecified atom stereocenters. The van der Waals surface area contributed by atoms with Crippen molar-refractivity contribution in [1.29, 1.82) is 0 Å². The van der Waals surface area contributed by atoms with E-state index in [1.165, 1.54) is 0 Å². The van der Waals surface area contributed by atoms with E-state index in [-0.39, 0.29) is 11.7 Å². The van der Waals surface area contributed by atoms with E-state index in [2.05, 4.69) is 16.2 Å². The highest BCUT2D eigenvalue weighted by Crippen LogP contribution is 2.27. The van der Waals surface area contributed by atoms with Gasteiger partial charge in [0.1, 0.15) is 5.58 Å². The lowest BCUT2D eigenvalue weighted by Gasteiger charge is -2.12. The van der Waals surface area contributed by atoms with Gasteiger partial charge in [0.05, 0.1) is 14.2 Å². The summed E-state index contributed by atoms with van der Waals surface area (Å²) >= 11 is 5.21. The number of thiocarbonyl (C=S) groups is 1. The van der Waals surface area contributed by atoms with Crippen molar-refractivity contribution in [2.75, 3.05) is 20.8 Å². The Hall–Kier alpha value is -3.26. The van der Waals surface area contributed by atoms with Crippen LogP contribution in [0.4, 0.5) is 0 Å². The van der Waals surface area contributed by atoms with Crippen LogP contribution < -0.4 is 25.6 Å². The van der Waals surface area contributed by atoms with E-state index in [4.69, 9.17) is 26.1 Å². The van der Waals surface area contributed by atoms with Gasteiger partial charge in [-0.25, -0.2) is 0 Å². The Balaban J connectivity index is 1.48. The van der Waals surface area contributed by atoms with E-state index in [1.54, 1.807) is 14.2 Å². The summed E-state index contributed by atoms with van der Waals surface area (Å²) in [6.45, 7) is 2.43. The first-order chi connectivity index (χ1) is 14.0.